The highest BCUT2D eigenvalue weighted by Crippen LogP contribution is 2.23. The molecule has 0 aliphatic carbocycles. The molecule has 0 radical (unpaired) electrons. The van der Waals surface area contributed by atoms with E-state index in [0.717, 1.165) is 17.0 Å². The third-order valence-electron chi connectivity index (χ3n) is 3.67. The molecule has 158 valence electrons. The first-order chi connectivity index (χ1) is 14.1. The van der Waals surface area contributed by atoms with Gasteiger partial charge in [0.15, 0.2) is 12.6 Å². The molecule has 3 rings (SSSR count). The molecule has 0 fully saturated rings. The van der Waals surface area contributed by atoms with Gasteiger partial charge in [-0.2, -0.15) is 0 Å². The number of pyridine rings is 1. The first-order valence-corrected chi connectivity index (χ1v) is 8.84. The van der Waals surface area contributed by atoms with Crippen LogP contribution in [-0.4, -0.2) is 24.0 Å². The van der Waals surface area contributed by atoms with Crippen LogP contribution in [0.1, 0.15) is 5.56 Å². The Labute approximate surface area is 190 Å². The van der Waals surface area contributed by atoms with Crippen LogP contribution in [0.4, 0.5) is 14.5 Å². The maximum absolute atomic E-state index is 12.2. The molecular weight excluding hydrogens is 505 g/mol. The van der Waals surface area contributed by atoms with Gasteiger partial charge in [0, 0.05) is 24.0 Å². The number of nitrogens with zero attached hydrogens (tertiary/aromatic N) is 2. The summed E-state index contributed by atoms with van der Waals surface area (Å²) in [6.07, 6.45) is -1.08. The molecule has 0 aliphatic rings. The van der Waals surface area contributed by atoms with Crippen LogP contribution in [0.3, 0.4) is 0 Å². The van der Waals surface area contributed by atoms with Crippen molar-refractivity contribution in [1.82, 2.24) is 4.98 Å². The smallest absolute Gasteiger partial charge is 0.272 e. The van der Waals surface area contributed by atoms with Crippen LogP contribution < -0.4 is 20.5 Å². The maximum Gasteiger partial charge on any atom is 0.272 e. The minimum Gasteiger partial charge on any atom is -0.472 e. The number of para-hydroxylation sites is 1. The lowest BCUT2D eigenvalue weighted by Gasteiger charge is -2.09. The molecule has 0 saturated carbocycles. The summed E-state index contributed by atoms with van der Waals surface area (Å²) in [7, 11) is 0. The molecule has 1 heterocycles. The van der Waals surface area contributed by atoms with Crippen molar-refractivity contribution in [2.75, 3.05) is 11.9 Å². The fourth-order valence-electron chi connectivity index (χ4n) is 2.40. The van der Waals surface area contributed by atoms with Crippen LogP contribution in [0.5, 0.6) is 17.4 Å². The number of aliphatic imine (C=N–C) groups is 1. The molecule has 0 saturated heterocycles. The van der Waals surface area contributed by atoms with Crippen molar-refractivity contribution in [2.24, 2.45) is 10.7 Å². The SMILES string of the molecule is I.NC(=NCc1ccnc(OCC(F)F)c1)Nc1cccc(Oc2ccccc2)c1. The molecule has 1 aromatic heterocycles. The van der Waals surface area contributed by atoms with Crippen LogP contribution in [0, 0.1) is 0 Å². The number of alkyl halides is 2. The molecule has 3 N–H and O–H groups in total. The summed E-state index contributed by atoms with van der Waals surface area (Å²) in [4.78, 5) is 8.14. The third kappa shape index (κ3) is 7.82. The minimum absolute atomic E-state index is 0. The van der Waals surface area contributed by atoms with Gasteiger partial charge in [0.05, 0.1) is 6.54 Å². The van der Waals surface area contributed by atoms with Gasteiger partial charge in [-0.25, -0.2) is 18.8 Å². The predicted molar refractivity (Wildman–Crippen MR) is 123 cm³/mol. The molecule has 2 aromatic carbocycles. The number of ether oxygens (including phenoxy) is 2. The lowest BCUT2D eigenvalue weighted by molar-refractivity contribution is 0.0795. The van der Waals surface area contributed by atoms with Crippen LogP contribution >= 0.6 is 24.0 Å². The number of anilines is 1. The number of halogens is 3. The molecule has 0 bridgehead atoms. The summed E-state index contributed by atoms with van der Waals surface area (Å²) in [5.41, 5.74) is 7.39. The molecule has 3 aromatic rings. The van der Waals surface area contributed by atoms with Gasteiger partial charge in [-0.3, -0.25) is 0 Å². The summed E-state index contributed by atoms with van der Waals surface area (Å²) >= 11 is 0. The van der Waals surface area contributed by atoms with Crippen molar-refractivity contribution in [1.29, 1.82) is 0 Å². The van der Waals surface area contributed by atoms with Gasteiger partial charge >= 0.3 is 0 Å². The average Bonchev–Trinajstić information content (AvgIpc) is 2.72. The molecular formula is C21H21F2IN4O2. The van der Waals surface area contributed by atoms with Gasteiger partial charge < -0.3 is 20.5 Å². The zero-order chi connectivity index (χ0) is 20.5. The summed E-state index contributed by atoms with van der Waals surface area (Å²) in [6, 6.07) is 20.0. The van der Waals surface area contributed by atoms with Crippen molar-refractivity contribution in [2.45, 2.75) is 13.0 Å². The van der Waals surface area contributed by atoms with Crippen molar-refractivity contribution in [3.63, 3.8) is 0 Å². The van der Waals surface area contributed by atoms with E-state index in [0.29, 0.717) is 5.75 Å². The van der Waals surface area contributed by atoms with Gasteiger partial charge in [-0.15, -0.1) is 24.0 Å². The number of guanidine groups is 1. The molecule has 30 heavy (non-hydrogen) atoms. The second kappa shape index (κ2) is 11.9. The van der Waals surface area contributed by atoms with Gasteiger partial charge in [-0.05, 0) is 35.9 Å². The molecule has 0 spiro atoms. The van der Waals surface area contributed by atoms with E-state index in [9.17, 15) is 8.78 Å². The van der Waals surface area contributed by atoms with E-state index in [1.807, 2.05) is 48.5 Å². The Bertz CT molecular complexity index is 959. The number of hydrogen-bond donors (Lipinski definition) is 2. The lowest BCUT2D eigenvalue weighted by atomic mass is 10.2. The van der Waals surface area contributed by atoms with Gasteiger partial charge in [0.25, 0.3) is 6.43 Å². The molecule has 0 amide bonds. The summed E-state index contributed by atoms with van der Waals surface area (Å²) < 4.78 is 35.1. The van der Waals surface area contributed by atoms with Crippen molar-refractivity contribution in [3.05, 3.63) is 78.5 Å². The first-order valence-electron chi connectivity index (χ1n) is 8.84. The molecule has 0 unspecified atom stereocenters. The van der Waals surface area contributed by atoms with Crippen molar-refractivity contribution < 1.29 is 18.3 Å². The van der Waals surface area contributed by atoms with Crippen molar-refractivity contribution in [3.8, 4) is 17.4 Å². The summed E-state index contributed by atoms with van der Waals surface area (Å²) in [6.45, 7) is -0.461. The Hall–Kier alpha value is -2.95. The Kier molecular flexibility index (Phi) is 9.26. The molecule has 9 heteroatoms. The number of rotatable bonds is 8. The van der Waals surface area contributed by atoms with Crippen molar-refractivity contribution >= 4 is 35.6 Å². The Balaban J connectivity index is 0.00000320. The normalized spacial score (nSPS) is 11.0. The van der Waals surface area contributed by atoms with Crippen LogP contribution in [0.15, 0.2) is 77.9 Å². The molecule has 6 nitrogen and oxygen atoms in total. The quantitative estimate of drug-likeness (QED) is 0.244. The standard InChI is InChI=1S/C21H20F2N4O2.HI/c22-19(23)14-28-20-11-15(9-10-25-20)13-26-21(24)27-16-5-4-8-18(12-16)29-17-6-2-1-3-7-17;/h1-12,19H,13-14H2,(H3,24,26,27);1H. The highest BCUT2D eigenvalue weighted by Gasteiger charge is 2.05. The Morgan fingerprint density at radius 2 is 1.80 bits per heavy atom. The third-order valence-corrected chi connectivity index (χ3v) is 3.67. The molecule has 0 atom stereocenters. The van der Waals surface area contributed by atoms with Gasteiger partial charge in [-0.1, -0.05) is 24.3 Å². The maximum atomic E-state index is 12.2. The number of nitrogens with one attached hydrogen (secondary N) is 1. The minimum atomic E-state index is -2.56. The average molecular weight is 526 g/mol. The number of aromatic nitrogens is 1. The lowest BCUT2D eigenvalue weighted by Crippen LogP contribution is -2.22. The van der Waals surface area contributed by atoms with E-state index in [-0.39, 0.29) is 42.4 Å². The summed E-state index contributed by atoms with van der Waals surface area (Å²) in [5, 5.41) is 2.99. The fourth-order valence-corrected chi connectivity index (χ4v) is 2.40. The largest absolute Gasteiger partial charge is 0.472 e. The van der Waals surface area contributed by atoms with Crippen LogP contribution in [0.2, 0.25) is 0 Å². The number of nitrogens with two attached hydrogens (primary N) is 1. The fraction of sp³-hybridized carbons (Fsp3) is 0.143. The highest BCUT2D eigenvalue weighted by molar-refractivity contribution is 14.0. The predicted octanol–water partition coefficient (Wildman–Crippen LogP) is 5.06. The zero-order valence-electron chi connectivity index (χ0n) is 15.9. The van der Waals surface area contributed by atoms with Gasteiger partial charge in [0.2, 0.25) is 5.88 Å². The van der Waals surface area contributed by atoms with E-state index in [1.165, 1.54) is 6.20 Å². The summed E-state index contributed by atoms with van der Waals surface area (Å²) in [5.74, 6) is 1.71. The zero-order valence-corrected chi connectivity index (χ0v) is 18.2. The Morgan fingerprint density at radius 1 is 1.03 bits per heavy atom. The van der Waals surface area contributed by atoms with Crippen LogP contribution in [-0.2, 0) is 6.54 Å². The van der Waals surface area contributed by atoms with Crippen LogP contribution in [0.25, 0.3) is 0 Å². The van der Waals surface area contributed by atoms with E-state index >= 15 is 0 Å². The second-order valence-corrected chi connectivity index (χ2v) is 5.97. The molecule has 0 aliphatic heterocycles. The number of benzene rings is 2. The number of hydrogen-bond acceptors (Lipinski definition) is 4. The Morgan fingerprint density at radius 3 is 2.57 bits per heavy atom. The van der Waals surface area contributed by atoms with Gasteiger partial charge in [0.1, 0.15) is 11.5 Å². The van der Waals surface area contributed by atoms with E-state index in [1.54, 1.807) is 18.2 Å². The van der Waals surface area contributed by atoms with E-state index in [2.05, 4.69) is 15.3 Å². The van der Waals surface area contributed by atoms with E-state index < -0.39 is 13.0 Å². The highest BCUT2D eigenvalue weighted by atomic mass is 127. The monoisotopic (exact) mass is 526 g/mol. The van der Waals surface area contributed by atoms with E-state index in [4.69, 9.17) is 15.2 Å². The first kappa shape index (κ1) is 23.3. The second-order valence-electron chi connectivity index (χ2n) is 5.97. The topological polar surface area (TPSA) is 81.8 Å².